The van der Waals surface area contributed by atoms with Crippen molar-refractivity contribution in [2.45, 2.75) is 19.8 Å². The molecule has 0 radical (unpaired) electrons. The lowest BCUT2D eigenvalue weighted by Crippen LogP contribution is -2.40. The minimum Gasteiger partial charge on any atom is -0.378 e. The Balaban J connectivity index is 1.60. The van der Waals surface area contributed by atoms with Gasteiger partial charge in [-0.2, -0.15) is 0 Å². The Hall–Kier alpha value is -2.28. The van der Waals surface area contributed by atoms with E-state index in [4.69, 9.17) is 4.74 Å². The first-order valence-electron chi connectivity index (χ1n) is 8.97. The molecule has 2 aliphatic rings. The van der Waals surface area contributed by atoms with Gasteiger partial charge in [-0.05, 0) is 37.0 Å². The second-order valence-electron chi connectivity index (χ2n) is 6.91. The van der Waals surface area contributed by atoms with Gasteiger partial charge in [-0.3, -0.25) is 4.79 Å². The second-order valence-corrected chi connectivity index (χ2v) is 6.91. The zero-order chi connectivity index (χ0) is 17.2. The third-order valence-electron chi connectivity index (χ3n) is 4.95. The molecule has 1 atom stereocenters. The van der Waals surface area contributed by atoms with Gasteiger partial charge in [0.25, 0.3) is 5.91 Å². The standard InChI is InChI=1S/C18H23N5O2/c1-13-3-2-6-23(12-13)18(24)17-19-16-11-14(4-5-15(16)20-21-17)22-7-9-25-10-8-22/h4-5,11,13H,2-3,6-10,12H2,1H3/t13-/m0/s1. The molecule has 0 saturated carbocycles. The topological polar surface area (TPSA) is 71.5 Å². The highest BCUT2D eigenvalue weighted by atomic mass is 16.5. The van der Waals surface area contributed by atoms with Crippen LogP contribution in [-0.2, 0) is 4.74 Å². The molecule has 0 aliphatic carbocycles. The van der Waals surface area contributed by atoms with Crippen LogP contribution in [0.1, 0.15) is 30.4 Å². The first kappa shape index (κ1) is 16.2. The van der Waals surface area contributed by atoms with Crippen molar-refractivity contribution in [3.05, 3.63) is 24.0 Å². The molecule has 2 aliphatic heterocycles. The Kier molecular flexibility index (Phi) is 4.48. The summed E-state index contributed by atoms with van der Waals surface area (Å²) >= 11 is 0. The van der Waals surface area contributed by atoms with Crippen molar-refractivity contribution < 1.29 is 9.53 Å². The molecule has 7 heteroatoms. The molecule has 7 nitrogen and oxygen atoms in total. The molecule has 4 rings (SSSR count). The summed E-state index contributed by atoms with van der Waals surface area (Å²) in [4.78, 5) is 21.3. The minimum absolute atomic E-state index is 0.113. The number of nitrogens with zero attached hydrogens (tertiary/aromatic N) is 5. The minimum atomic E-state index is -0.113. The first-order chi connectivity index (χ1) is 12.2. The largest absolute Gasteiger partial charge is 0.378 e. The number of fused-ring (bicyclic) bond motifs is 1. The molecule has 3 heterocycles. The molecule has 1 aromatic carbocycles. The first-order valence-corrected chi connectivity index (χ1v) is 8.97. The number of aromatic nitrogens is 3. The summed E-state index contributed by atoms with van der Waals surface area (Å²) in [7, 11) is 0. The molecule has 2 fully saturated rings. The predicted octanol–water partition coefficient (Wildman–Crippen LogP) is 1.73. The summed E-state index contributed by atoms with van der Waals surface area (Å²) in [6.07, 6.45) is 2.21. The van der Waals surface area contributed by atoms with Gasteiger partial charge in [-0.1, -0.05) is 6.92 Å². The zero-order valence-corrected chi connectivity index (χ0v) is 14.5. The number of hydrogen-bond acceptors (Lipinski definition) is 6. The number of morpholine rings is 1. The smallest absolute Gasteiger partial charge is 0.293 e. The molecule has 0 unspecified atom stereocenters. The molecule has 1 amide bonds. The van der Waals surface area contributed by atoms with Crippen molar-refractivity contribution in [1.29, 1.82) is 0 Å². The third-order valence-corrected chi connectivity index (χ3v) is 4.95. The zero-order valence-electron chi connectivity index (χ0n) is 14.5. The van der Waals surface area contributed by atoms with Crippen LogP contribution in [0.15, 0.2) is 18.2 Å². The lowest BCUT2D eigenvalue weighted by atomic mass is 10.0. The van der Waals surface area contributed by atoms with E-state index in [2.05, 4.69) is 27.0 Å². The normalized spacial score (nSPS) is 21.6. The fraction of sp³-hybridized carbons (Fsp3) is 0.556. The van der Waals surface area contributed by atoms with Gasteiger partial charge in [0, 0.05) is 31.9 Å². The Morgan fingerprint density at radius 1 is 1.16 bits per heavy atom. The lowest BCUT2D eigenvalue weighted by Gasteiger charge is -2.30. The Morgan fingerprint density at radius 3 is 2.80 bits per heavy atom. The van der Waals surface area contributed by atoms with Crippen molar-refractivity contribution >= 4 is 22.6 Å². The Labute approximate surface area is 147 Å². The Morgan fingerprint density at radius 2 is 2.00 bits per heavy atom. The van der Waals surface area contributed by atoms with Crippen LogP contribution in [0.4, 0.5) is 5.69 Å². The number of amides is 1. The second kappa shape index (κ2) is 6.92. The summed E-state index contributed by atoms with van der Waals surface area (Å²) in [5, 5.41) is 8.26. The van der Waals surface area contributed by atoms with Crippen molar-refractivity contribution in [3.8, 4) is 0 Å². The van der Waals surface area contributed by atoms with E-state index in [-0.39, 0.29) is 11.7 Å². The predicted molar refractivity (Wildman–Crippen MR) is 94.7 cm³/mol. The summed E-state index contributed by atoms with van der Waals surface area (Å²) in [6.45, 7) is 6.91. The molecule has 0 bridgehead atoms. The highest BCUT2D eigenvalue weighted by Crippen LogP contribution is 2.21. The summed E-state index contributed by atoms with van der Waals surface area (Å²) in [6, 6.07) is 5.93. The maximum absolute atomic E-state index is 12.7. The van der Waals surface area contributed by atoms with Crippen LogP contribution in [0.3, 0.4) is 0 Å². The van der Waals surface area contributed by atoms with Crippen LogP contribution < -0.4 is 4.90 Å². The van der Waals surface area contributed by atoms with Gasteiger partial charge >= 0.3 is 0 Å². The number of ether oxygens (including phenoxy) is 1. The lowest BCUT2D eigenvalue weighted by molar-refractivity contribution is 0.0669. The average Bonchev–Trinajstić information content (AvgIpc) is 2.67. The molecule has 0 spiro atoms. The molecule has 0 N–H and O–H groups in total. The fourth-order valence-corrected chi connectivity index (χ4v) is 3.55. The van der Waals surface area contributed by atoms with E-state index in [0.717, 1.165) is 51.5 Å². The van der Waals surface area contributed by atoms with E-state index in [9.17, 15) is 4.79 Å². The van der Waals surface area contributed by atoms with Gasteiger partial charge in [0.05, 0.1) is 18.7 Å². The molecular formula is C18H23N5O2. The number of hydrogen-bond donors (Lipinski definition) is 0. The number of anilines is 1. The molecule has 132 valence electrons. The van der Waals surface area contributed by atoms with Crippen LogP contribution in [0, 0.1) is 5.92 Å². The number of carbonyl (C=O) groups excluding carboxylic acids is 1. The van der Waals surface area contributed by atoms with Crippen LogP contribution in [0.5, 0.6) is 0 Å². The number of piperidine rings is 1. The van der Waals surface area contributed by atoms with E-state index in [0.29, 0.717) is 17.0 Å². The van der Waals surface area contributed by atoms with E-state index >= 15 is 0 Å². The van der Waals surface area contributed by atoms with E-state index in [1.54, 1.807) is 0 Å². The number of carbonyl (C=O) groups is 1. The van der Waals surface area contributed by atoms with Gasteiger partial charge in [-0.25, -0.2) is 4.98 Å². The third kappa shape index (κ3) is 3.42. The van der Waals surface area contributed by atoms with Crippen molar-refractivity contribution in [2.24, 2.45) is 5.92 Å². The fourth-order valence-electron chi connectivity index (χ4n) is 3.55. The van der Waals surface area contributed by atoms with Crippen LogP contribution >= 0.6 is 0 Å². The van der Waals surface area contributed by atoms with Crippen LogP contribution in [0.25, 0.3) is 11.0 Å². The number of benzene rings is 1. The van der Waals surface area contributed by atoms with Gasteiger partial charge in [-0.15, -0.1) is 10.2 Å². The van der Waals surface area contributed by atoms with E-state index in [1.165, 1.54) is 6.42 Å². The number of likely N-dealkylation sites (tertiary alicyclic amines) is 1. The quantitative estimate of drug-likeness (QED) is 0.828. The van der Waals surface area contributed by atoms with Crippen LogP contribution in [-0.4, -0.2) is 65.4 Å². The molecule has 2 aromatic rings. The van der Waals surface area contributed by atoms with Gasteiger partial charge in [0.1, 0.15) is 5.52 Å². The highest BCUT2D eigenvalue weighted by Gasteiger charge is 2.24. The molecule has 2 saturated heterocycles. The monoisotopic (exact) mass is 341 g/mol. The SMILES string of the molecule is C[C@H]1CCCN(C(=O)c2nnc3ccc(N4CCOCC4)cc3n2)C1. The molecule has 1 aromatic heterocycles. The Bertz CT molecular complexity index is 775. The maximum Gasteiger partial charge on any atom is 0.293 e. The molecule has 25 heavy (non-hydrogen) atoms. The van der Waals surface area contributed by atoms with Gasteiger partial charge in [0.15, 0.2) is 0 Å². The van der Waals surface area contributed by atoms with Gasteiger partial charge in [0.2, 0.25) is 5.82 Å². The summed E-state index contributed by atoms with van der Waals surface area (Å²) in [5.41, 5.74) is 2.51. The molecular weight excluding hydrogens is 318 g/mol. The maximum atomic E-state index is 12.7. The summed E-state index contributed by atoms with van der Waals surface area (Å²) in [5.74, 6) is 0.609. The van der Waals surface area contributed by atoms with Crippen molar-refractivity contribution in [2.75, 3.05) is 44.3 Å². The van der Waals surface area contributed by atoms with Gasteiger partial charge < -0.3 is 14.5 Å². The van der Waals surface area contributed by atoms with Crippen molar-refractivity contribution in [1.82, 2.24) is 20.1 Å². The summed E-state index contributed by atoms with van der Waals surface area (Å²) < 4.78 is 5.41. The van der Waals surface area contributed by atoms with E-state index < -0.39 is 0 Å². The van der Waals surface area contributed by atoms with E-state index in [1.807, 2.05) is 23.1 Å². The highest BCUT2D eigenvalue weighted by molar-refractivity contribution is 5.92. The van der Waals surface area contributed by atoms with Crippen molar-refractivity contribution in [3.63, 3.8) is 0 Å². The van der Waals surface area contributed by atoms with Crippen LogP contribution in [0.2, 0.25) is 0 Å². The average molecular weight is 341 g/mol. The number of rotatable bonds is 2.